The van der Waals surface area contributed by atoms with Gasteiger partial charge in [0.15, 0.2) is 0 Å². The van der Waals surface area contributed by atoms with E-state index >= 15 is 0 Å². The summed E-state index contributed by atoms with van der Waals surface area (Å²) in [7, 11) is 15.4. The third kappa shape index (κ3) is 4.40. The third-order valence-corrected chi connectivity index (χ3v) is 7.36. The van der Waals surface area contributed by atoms with E-state index in [-0.39, 0.29) is 17.9 Å². The Labute approximate surface area is 208 Å². The van der Waals surface area contributed by atoms with Gasteiger partial charge in [-0.1, -0.05) is 17.3 Å². The highest BCUT2D eigenvalue weighted by molar-refractivity contribution is 6.41. The lowest BCUT2D eigenvalue weighted by Gasteiger charge is -2.37. The zero-order valence-corrected chi connectivity index (χ0v) is 20.1. The number of likely N-dealkylation sites (N-methyl/N-ethyl adjacent to an activating group) is 1. The summed E-state index contributed by atoms with van der Waals surface area (Å²) in [6.07, 6.45) is 6.42. The van der Waals surface area contributed by atoms with Gasteiger partial charge in [-0.05, 0) is 81.6 Å². The summed E-state index contributed by atoms with van der Waals surface area (Å²) in [6, 6.07) is 13.0. The minimum Gasteiger partial charge on any atom is -0.494 e. The fraction of sp³-hybridized carbons (Fsp3) is 0.407. The predicted molar refractivity (Wildman–Crippen MR) is 138 cm³/mol. The van der Waals surface area contributed by atoms with E-state index in [9.17, 15) is 9.59 Å². The van der Waals surface area contributed by atoms with Crippen molar-refractivity contribution in [1.29, 1.82) is 0 Å². The highest BCUT2D eigenvalue weighted by Gasteiger charge is 2.37. The van der Waals surface area contributed by atoms with E-state index < -0.39 is 5.21 Å². The van der Waals surface area contributed by atoms with Crippen LogP contribution in [0.5, 0.6) is 5.75 Å². The Morgan fingerprint density at radius 2 is 1.80 bits per heavy atom. The van der Waals surface area contributed by atoms with Gasteiger partial charge in [0, 0.05) is 29.7 Å². The Morgan fingerprint density at radius 3 is 2.49 bits per heavy atom. The summed E-state index contributed by atoms with van der Waals surface area (Å²) in [6.45, 7) is 1.98. The van der Waals surface area contributed by atoms with E-state index in [1.54, 1.807) is 24.3 Å². The smallest absolute Gasteiger partial charge is 0.261 e. The predicted octanol–water partition coefficient (Wildman–Crippen LogP) is 3.60. The number of hydrogen-bond acceptors (Lipinski definition) is 4. The van der Waals surface area contributed by atoms with Gasteiger partial charge < -0.3 is 14.6 Å². The number of aromatic amines is 1. The molecule has 3 aromatic rings. The lowest BCUT2D eigenvalue weighted by Crippen LogP contribution is -2.47. The molecule has 0 bridgehead atoms. The minimum atomic E-state index is -0.952. The van der Waals surface area contributed by atoms with E-state index in [4.69, 9.17) is 20.4 Å². The molecule has 2 aliphatic rings. The summed E-state index contributed by atoms with van der Waals surface area (Å²) in [4.78, 5) is 31.8. The van der Waals surface area contributed by atoms with E-state index in [2.05, 4.69) is 16.9 Å². The van der Waals surface area contributed by atoms with Gasteiger partial charge in [0.25, 0.3) is 11.8 Å². The molecule has 1 fully saturated rings. The number of amides is 2. The molecule has 0 aliphatic carbocycles. The van der Waals surface area contributed by atoms with Crippen LogP contribution >= 0.6 is 0 Å². The summed E-state index contributed by atoms with van der Waals surface area (Å²) >= 11 is 0. The summed E-state index contributed by atoms with van der Waals surface area (Å²) in [5.41, 5.74) is 2.88. The molecule has 1 atom stereocenters. The fourth-order valence-electron chi connectivity index (χ4n) is 5.42. The van der Waals surface area contributed by atoms with Crippen LogP contribution in [-0.2, 0) is 5.21 Å². The number of carbonyl (C=O) groups excluding carboxylic acids is 2. The highest BCUT2D eigenvalue weighted by Crippen LogP contribution is 2.36. The molecule has 35 heavy (non-hydrogen) atoms. The number of nitrogens with one attached hydrogen (secondary N) is 1. The molecule has 8 heteroatoms. The normalized spacial score (nSPS) is 18.5. The van der Waals surface area contributed by atoms with Crippen LogP contribution in [0.3, 0.4) is 0 Å². The summed E-state index contributed by atoms with van der Waals surface area (Å²) in [5, 5.41) is 0.0325. The van der Waals surface area contributed by atoms with Crippen molar-refractivity contribution >= 4 is 38.4 Å². The lowest BCUT2D eigenvalue weighted by molar-refractivity contribution is 0.0651. The van der Waals surface area contributed by atoms with Crippen molar-refractivity contribution in [2.75, 3.05) is 26.7 Å². The molecule has 176 valence electrons. The van der Waals surface area contributed by atoms with Gasteiger partial charge >= 0.3 is 0 Å². The van der Waals surface area contributed by atoms with Gasteiger partial charge in [-0.15, -0.1) is 0 Å². The molecule has 0 spiro atoms. The van der Waals surface area contributed by atoms with Gasteiger partial charge in [-0.25, -0.2) is 0 Å². The van der Waals surface area contributed by atoms with Crippen LogP contribution in [0.4, 0.5) is 0 Å². The Morgan fingerprint density at radius 1 is 1.06 bits per heavy atom. The molecule has 2 aliphatic heterocycles. The Bertz CT molecular complexity index is 1220. The first-order valence-electron chi connectivity index (χ1n) is 12.4. The number of fused-ring (bicyclic) bond motifs is 2. The molecule has 1 aromatic heterocycles. The summed E-state index contributed by atoms with van der Waals surface area (Å²) < 4.78 is 6.01. The number of aromatic nitrogens is 1. The largest absolute Gasteiger partial charge is 0.494 e. The fourth-order valence-corrected chi connectivity index (χ4v) is 5.42. The van der Waals surface area contributed by atoms with Crippen molar-refractivity contribution in [3.63, 3.8) is 0 Å². The molecule has 3 heterocycles. The van der Waals surface area contributed by atoms with Crippen molar-refractivity contribution in [1.82, 2.24) is 14.8 Å². The Hall–Kier alpha value is -2.99. The molecule has 4 radical (unpaired) electrons. The molecular formula is C27H29B2N3O3. The second-order valence-corrected chi connectivity index (χ2v) is 9.70. The number of carbonyl (C=O) groups is 2. The quantitative estimate of drug-likeness (QED) is 0.298. The SMILES string of the molecule is [B]C([B])(c1c[nH]c2ccc(OCCCCCN3C(=O)c4ccccc4C3=O)cc12)C1CCCN1C. The molecular weight excluding hydrogens is 436 g/mol. The number of nitrogens with zero attached hydrogens (tertiary/aromatic N) is 2. The Balaban J connectivity index is 1.14. The van der Waals surface area contributed by atoms with Crippen LogP contribution in [0.1, 0.15) is 58.4 Å². The molecule has 1 saturated heterocycles. The topological polar surface area (TPSA) is 65.6 Å². The van der Waals surface area contributed by atoms with Crippen LogP contribution in [0.2, 0.25) is 0 Å². The standard InChI is InChI=1S/C27H29B2N3O3/c1-31-13-7-10-24(31)27(28,29)22-17-30-23-12-11-18(16-21(22)23)35-15-6-2-5-14-32-25(33)19-8-3-4-9-20(19)26(32)34/h3-4,8-9,11-12,16-17,24,30H,2,5-7,10,13-15H2,1H3. The first kappa shape index (κ1) is 23.7. The number of hydrogen-bond donors (Lipinski definition) is 1. The second kappa shape index (κ2) is 9.57. The number of unbranched alkanes of at least 4 members (excludes halogenated alkanes) is 2. The van der Waals surface area contributed by atoms with Crippen molar-refractivity contribution in [2.45, 2.75) is 43.4 Å². The molecule has 5 rings (SSSR count). The maximum Gasteiger partial charge on any atom is 0.261 e. The van der Waals surface area contributed by atoms with Crippen LogP contribution in [0, 0.1) is 0 Å². The first-order chi connectivity index (χ1) is 16.9. The molecule has 1 unspecified atom stereocenters. The van der Waals surface area contributed by atoms with Crippen molar-refractivity contribution in [3.05, 3.63) is 65.4 Å². The first-order valence-corrected chi connectivity index (χ1v) is 12.4. The van der Waals surface area contributed by atoms with E-state index in [0.717, 1.165) is 60.9 Å². The van der Waals surface area contributed by atoms with Gasteiger partial charge in [0.1, 0.15) is 5.75 Å². The molecule has 2 amide bonds. The van der Waals surface area contributed by atoms with Gasteiger partial charge in [0.2, 0.25) is 0 Å². The van der Waals surface area contributed by atoms with Gasteiger partial charge in [-0.2, -0.15) is 0 Å². The van der Waals surface area contributed by atoms with E-state index in [1.807, 2.05) is 24.4 Å². The van der Waals surface area contributed by atoms with Crippen molar-refractivity contribution in [2.24, 2.45) is 0 Å². The van der Waals surface area contributed by atoms with Crippen LogP contribution < -0.4 is 4.74 Å². The lowest BCUT2D eigenvalue weighted by atomic mass is 9.47. The molecule has 0 saturated carbocycles. The Kier molecular flexibility index (Phi) is 6.49. The number of benzene rings is 2. The maximum absolute atomic E-state index is 12.5. The zero-order chi connectivity index (χ0) is 24.6. The average Bonchev–Trinajstić information content (AvgIpc) is 3.54. The molecule has 1 N–H and O–H groups in total. The molecule has 2 aromatic carbocycles. The third-order valence-electron chi connectivity index (χ3n) is 7.36. The number of H-pyrrole nitrogens is 1. The number of ether oxygens (including phenoxy) is 1. The van der Waals surface area contributed by atoms with Crippen molar-refractivity contribution in [3.8, 4) is 5.75 Å². The number of imide groups is 1. The molecule has 6 nitrogen and oxygen atoms in total. The number of likely N-dealkylation sites (tertiary alicyclic amines) is 1. The second-order valence-electron chi connectivity index (χ2n) is 9.70. The van der Waals surface area contributed by atoms with Crippen LogP contribution in [-0.4, -0.2) is 75.1 Å². The number of rotatable bonds is 9. The van der Waals surface area contributed by atoms with Crippen LogP contribution in [0.15, 0.2) is 48.7 Å². The van der Waals surface area contributed by atoms with Gasteiger partial charge in [0.05, 0.1) is 33.4 Å². The maximum atomic E-state index is 12.5. The van der Waals surface area contributed by atoms with Crippen LogP contribution in [0.25, 0.3) is 10.9 Å². The van der Waals surface area contributed by atoms with Crippen molar-refractivity contribution < 1.29 is 14.3 Å². The zero-order valence-electron chi connectivity index (χ0n) is 20.1. The monoisotopic (exact) mass is 465 g/mol. The van der Waals surface area contributed by atoms with Gasteiger partial charge in [-0.3, -0.25) is 14.5 Å². The average molecular weight is 465 g/mol. The highest BCUT2D eigenvalue weighted by atomic mass is 16.5. The van der Waals surface area contributed by atoms with E-state index in [0.29, 0.717) is 24.3 Å². The van der Waals surface area contributed by atoms with E-state index in [1.165, 1.54) is 4.90 Å². The summed E-state index contributed by atoms with van der Waals surface area (Å²) in [5.74, 6) is 0.378. The minimum absolute atomic E-state index is 0.0910.